The van der Waals surface area contributed by atoms with Gasteiger partial charge in [0.25, 0.3) is 0 Å². The lowest BCUT2D eigenvalue weighted by molar-refractivity contribution is -0.148. The molecule has 9 nitrogen and oxygen atoms in total. The van der Waals surface area contributed by atoms with E-state index in [9.17, 15) is 14.7 Å². The first kappa shape index (κ1) is 38.0. The molecule has 1 saturated heterocycles. The van der Waals surface area contributed by atoms with E-state index in [1.807, 2.05) is 12.8 Å². The van der Waals surface area contributed by atoms with Gasteiger partial charge in [0.15, 0.2) is 6.21 Å². The lowest BCUT2D eigenvalue weighted by Crippen LogP contribution is -2.47. The molecule has 10 atom stereocenters. The highest BCUT2D eigenvalue weighted by atomic mass is 16.5. The van der Waals surface area contributed by atoms with Crippen LogP contribution in [0.3, 0.4) is 0 Å². The van der Waals surface area contributed by atoms with Gasteiger partial charge in [-0.05, 0) is 101 Å². The molecule has 49 heavy (non-hydrogen) atoms. The fraction of sp³-hybridized carbons (Fsp3) is 0.800. The van der Waals surface area contributed by atoms with Gasteiger partial charge >= 0.3 is 5.97 Å². The zero-order chi connectivity index (χ0) is 34.6. The number of fused-ring (bicyclic) bond motifs is 2. The minimum absolute atomic E-state index is 0.0141. The summed E-state index contributed by atoms with van der Waals surface area (Å²) in [7, 11) is 1.75. The summed E-state index contributed by atoms with van der Waals surface area (Å²) in [5.41, 5.74) is 2.71. The van der Waals surface area contributed by atoms with E-state index in [0.29, 0.717) is 37.6 Å². The predicted octanol–water partition coefficient (Wildman–Crippen LogP) is 5.84. The molecule has 0 aromatic heterocycles. The molecule has 0 amide bonds. The van der Waals surface area contributed by atoms with E-state index in [4.69, 9.17) is 14.2 Å². The van der Waals surface area contributed by atoms with Gasteiger partial charge in [0, 0.05) is 45.6 Å². The van der Waals surface area contributed by atoms with Crippen LogP contribution in [0.2, 0.25) is 0 Å². The van der Waals surface area contributed by atoms with Crippen LogP contribution >= 0.6 is 0 Å². The Balaban J connectivity index is 1.29. The Morgan fingerprint density at radius 2 is 1.88 bits per heavy atom. The third-order valence-electron chi connectivity index (χ3n) is 11.8. The van der Waals surface area contributed by atoms with E-state index < -0.39 is 6.10 Å². The van der Waals surface area contributed by atoms with Gasteiger partial charge in [0.05, 0.1) is 42.7 Å². The van der Waals surface area contributed by atoms with Gasteiger partial charge in [-0.1, -0.05) is 25.2 Å². The molecule has 3 N–H and O–H groups in total. The second-order valence-corrected chi connectivity index (χ2v) is 15.4. The number of aliphatic imine (C=N–C) groups is 1. The van der Waals surface area contributed by atoms with Crippen LogP contribution in [-0.4, -0.2) is 80.0 Å². The smallest absolute Gasteiger partial charge is 0.302 e. The van der Waals surface area contributed by atoms with E-state index in [1.54, 1.807) is 7.11 Å². The number of aliphatic hydroxyl groups excluding tert-OH is 1. The largest absolute Gasteiger partial charge is 0.462 e. The van der Waals surface area contributed by atoms with Gasteiger partial charge in [-0.2, -0.15) is 0 Å². The lowest BCUT2D eigenvalue weighted by Gasteiger charge is -2.40. The summed E-state index contributed by atoms with van der Waals surface area (Å²) in [6, 6.07) is 0. The number of allylic oxidation sites excluding steroid dienone is 1. The van der Waals surface area contributed by atoms with Crippen molar-refractivity contribution in [3.05, 3.63) is 17.7 Å². The Morgan fingerprint density at radius 3 is 2.67 bits per heavy atom. The summed E-state index contributed by atoms with van der Waals surface area (Å²) in [5.74, 6) is 7.90. The standard InChI is InChI=1S/C40H62N3O6/c1-4-28-11-14-37(48-27(2)44)24-35(46)21-30(31-13-15-38(39(22-31)47-3)49-36-9-5-8-34(45)23-36)7-6-17-42-40-20-29(16-18-43-40)10-12-32-25-41-26-33(32)19-28/h25-26,28-31,34,36-40,42-43,45H,4-5,8-24H2,1-3H3/q+1/t28-,29?,30+,31?,34?,36?,37+,38?,39?,40?/m0/s1. The van der Waals surface area contributed by atoms with Gasteiger partial charge in [-0.15, -0.1) is 4.99 Å². The third-order valence-corrected chi connectivity index (χ3v) is 11.8. The van der Waals surface area contributed by atoms with E-state index in [0.717, 1.165) is 83.6 Å². The highest BCUT2D eigenvalue weighted by Crippen LogP contribution is 2.37. The SMILES string of the molecule is CC[C@H]1CC[C@@H](OC(C)=O)CC(=O)C[C@H](C2CCC(OC3CCCC(O)C3)C(OC)C2)C#CCNC2CC(CCN2)CCC2=C(C=N[CH+]2)C1. The predicted molar refractivity (Wildman–Crippen MR) is 192 cm³/mol. The zero-order valence-electron chi connectivity index (χ0n) is 30.3. The van der Waals surface area contributed by atoms with Crippen LogP contribution in [-0.2, 0) is 23.8 Å². The van der Waals surface area contributed by atoms with E-state index >= 15 is 0 Å². The lowest BCUT2D eigenvalue weighted by atomic mass is 9.75. The van der Waals surface area contributed by atoms with Crippen molar-refractivity contribution in [3.63, 3.8) is 0 Å². The molecule has 3 aliphatic heterocycles. The maximum atomic E-state index is 13.8. The number of nitrogens with one attached hydrogen (secondary N) is 2. The molecule has 0 aromatic carbocycles. The van der Waals surface area contributed by atoms with E-state index in [2.05, 4.69) is 34.4 Å². The van der Waals surface area contributed by atoms with Gasteiger partial charge in [-0.25, -0.2) is 0 Å². The van der Waals surface area contributed by atoms with Crippen molar-refractivity contribution in [2.45, 2.75) is 160 Å². The number of ether oxygens (including phenoxy) is 3. The first-order valence-corrected chi connectivity index (χ1v) is 19.4. The van der Waals surface area contributed by atoms with Crippen LogP contribution in [0.1, 0.15) is 123 Å². The highest BCUT2D eigenvalue weighted by molar-refractivity contribution is 5.84. The molecule has 9 heteroatoms. The van der Waals surface area contributed by atoms with Crippen LogP contribution in [0.5, 0.6) is 0 Å². The van der Waals surface area contributed by atoms with Gasteiger partial charge in [0.1, 0.15) is 24.0 Å². The molecule has 0 spiro atoms. The van der Waals surface area contributed by atoms with Gasteiger partial charge in [-0.3, -0.25) is 14.9 Å². The van der Waals surface area contributed by atoms with E-state index in [1.165, 1.54) is 24.5 Å². The van der Waals surface area contributed by atoms with Gasteiger partial charge in [0.2, 0.25) is 0 Å². The Kier molecular flexibility index (Phi) is 15.1. The molecule has 0 radical (unpaired) electrons. The zero-order valence-corrected chi connectivity index (χ0v) is 30.3. The van der Waals surface area contributed by atoms with Crippen molar-refractivity contribution in [2.75, 3.05) is 20.2 Å². The molecule has 2 aliphatic carbocycles. The molecule has 3 fully saturated rings. The molecule has 5 rings (SSSR count). The summed E-state index contributed by atoms with van der Waals surface area (Å²) in [6.07, 6.45) is 16.2. The number of rotatable bonds is 6. The Morgan fingerprint density at radius 1 is 1.00 bits per heavy atom. The van der Waals surface area contributed by atoms with Crippen molar-refractivity contribution in [1.29, 1.82) is 0 Å². The van der Waals surface area contributed by atoms with Crippen LogP contribution in [0, 0.1) is 42.1 Å². The van der Waals surface area contributed by atoms with Crippen molar-refractivity contribution in [2.24, 2.45) is 28.7 Å². The number of carbonyl (C=O) groups excluding carboxylic acids is 2. The Hall–Kier alpha value is -2.22. The Bertz CT molecular complexity index is 1210. The Labute approximate surface area is 295 Å². The fourth-order valence-corrected chi connectivity index (χ4v) is 8.85. The van der Waals surface area contributed by atoms with Gasteiger partial charge < -0.3 is 24.6 Å². The quantitative estimate of drug-likeness (QED) is 0.182. The average Bonchev–Trinajstić information content (AvgIpc) is 3.53. The number of Topliss-reactive ketones (excluding diaryl/α,β-unsaturated/α-hetero) is 1. The minimum atomic E-state index is -0.427. The van der Waals surface area contributed by atoms with Crippen LogP contribution in [0.15, 0.2) is 16.1 Å². The number of piperidine rings is 1. The second-order valence-electron chi connectivity index (χ2n) is 15.4. The summed E-state index contributed by atoms with van der Waals surface area (Å²) in [6.45, 7) is 7.28. The second kappa shape index (κ2) is 19.4. The van der Waals surface area contributed by atoms with Crippen molar-refractivity contribution in [1.82, 2.24) is 10.6 Å². The molecule has 272 valence electrons. The number of nitrogens with zero attached hydrogens (tertiary/aromatic N) is 1. The molecule has 2 saturated carbocycles. The first-order chi connectivity index (χ1) is 23.8. The maximum Gasteiger partial charge on any atom is 0.302 e. The number of methoxy groups -OCH3 is 1. The normalized spacial score (nSPS) is 36.9. The summed E-state index contributed by atoms with van der Waals surface area (Å²) >= 11 is 0. The first-order valence-electron chi connectivity index (χ1n) is 19.4. The van der Waals surface area contributed by atoms with Crippen LogP contribution in [0.4, 0.5) is 0 Å². The van der Waals surface area contributed by atoms with Crippen LogP contribution in [0.25, 0.3) is 0 Å². The number of carbonyl (C=O) groups is 2. The molecular formula is C40H62N3O6+. The molecule has 7 unspecified atom stereocenters. The number of hydrogen-bond acceptors (Lipinski definition) is 9. The van der Waals surface area contributed by atoms with Crippen LogP contribution < -0.4 is 10.6 Å². The highest BCUT2D eigenvalue weighted by Gasteiger charge is 2.38. The molecule has 0 aromatic rings. The maximum absolute atomic E-state index is 13.8. The number of esters is 1. The van der Waals surface area contributed by atoms with Crippen molar-refractivity contribution < 1.29 is 28.9 Å². The monoisotopic (exact) mass is 680 g/mol. The summed E-state index contributed by atoms with van der Waals surface area (Å²) in [5, 5.41) is 17.5. The topological polar surface area (TPSA) is 118 Å². The minimum Gasteiger partial charge on any atom is -0.462 e. The number of ketones is 1. The summed E-state index contributed by atoms with van der Waals surface area (Å²) in [4.78, 5) is 30.4. The number of hydrogen-bond donors (Lipinski definition) is 3. The molecular weight excluding hydrogens is 618 g/mol. The van der Waals surface area contributed by atoms with Crippen molar-refractivity contribution in [3.8, 4) is 11.8 Å². The third kappa shape index (κ3) is 11.9. The molecule has 5 aliphatic rings. The summed E-state index contributed by atoms with van der Waals surface area (Å²) < 4.78 is 18.3. The number of aliphatic hydroxyl groups is 1. The van der Waals surface area contributed by atoms with Crippen molar-refractivity contribution >= 4 is 18.0 Å². The average molecular weight is 681 g/mol. The molecule has 3 heterocycles. The molecule has 2 bridgehead atoms. The fourth-order valence-electron chi connectivity index (χ4n) is 8.85. The van der Waals surface area contributed by atoms with E-state index in [-0.39, 0.29) is 60.6 Å².